The first-order valence-corrected chi connectivity index (χ1v) is 6.55. The Bertz CT molecular complexity index is 223. The molecule has 0 aromatic rings. The van der Waals surface area contributed by atoms with Crippen LogP contribution >= 0.6 is 0 Å². The number of ether oxygens (including phenoxy) is 1. The summed E-state index contributed by atoms with van der Waals surface area (Å²) in [5.74, 6) is 0. The van der Waals surface area contributed by atoms with Crippen LogP contribution in [-0.2, 0) is 4.74 Å². The average molecular weight is 227 g/mol. The Labute approximate surface area is 101 Å². The molecule has 1 aliphatic carbocycles. The van der Waals surface area contributed by atoms with Gasteiger partial charge < -0.3 is 10.1 Å². The lowest BCUT2D eigenvalue weighted by molar-refractivity contribution is 0.00767. The van der Waals surface area contributed by atoms with E-state index >= 15 is 0 Å². The summed E-state index contributed by atoms with van der Waals surface area (Å²) in [6.45, 7) is 11.3. The van der Waals surface area contributed by atoms with Crippen molar-refractivity contribution in [2.24, 2.45) is 5.41 Å². The summed E-state index contributed by atoms with van der Waals surface area (Å²) < 4.78 is 5.47. The van der Waals surface area contributed by atoms with Crippen LogP contribution in [0.4, 0.5) is 0 Å². The van der Waals surface area contributed by atoms with Crippen LogP contribution in [-0.4, -0.2) is 24.8 Å². The minimum Gasteiger partial charge on any atom is -0.379 e. The van der Waals surface area contributed by atoms with Crippen molar-refractivity contribution in [2.45, 2.75) is 78.0 Å². The third kappa shape index (κ3) is 4.42. The van der Waals surface area contributed by atoms with Gasteiger partial charge in [-0.25, -0.2) is 0 Å². The summed E-state index contributed by atoms with van der Waals surface area (Å²) in [6, 6.07) is 1.24. The number of hydrogen-bond donors (Lipinski definition) is 1. The van der Waals surface area contributed by atoms with E-state index in [0.29, 0.717) is 17.5 Å². The summed E-state index contributed by atoms with van der Waals surface area (Å²) in [6.07, 6.45) is 5.06. The molecule has 0 heterocycles. The summed E-state index contributed by atoms with van der Waals surface area (Å²) >= 11 is 0. The summed E-state index contributed by atoms with van der Waals surface area (Å²) in [5, 5.41) is 3.74. The van der Waals surface area contributed by atoms with E-state index in [1.165, 1.54) is 19.3 Å². The highest BCUT2D eigenvalue weighted by Crippen LogP contribution is 2.37. The van der Waals surface area contributed by atoms with E-state index in [0.717, 1.165) is 6.42 Å². The van der Waals surface area contributed by atoms with Crippen LogP contribution in [0.3, 0.4) is 0 Å². The molecule has 0 aromatic heterocycles. The Morgan fingerprint density at radius 3 is 2.50 bits per heavy atom. The van der Waals surface area contributed by atoms with Crippen LogP contribution in [0.15, 0.2) is 0 Å². The van der Waals surface area contributed by atoms with E-state index in [1.807, 2.05) is 0 Å². The Balaban J connectivity index is 2.33. The first kappa shape index (κ1) is 14.0. The Morgan fingerprint density at radius 2 is 2.06 bits per heavy atom. The van der Waals surface area contributed by atoms with Gasteiger partial charge in [-0.3, -0.25) is 0 Å². The molecule has 0 bridgehead atoms. The minimum atomic E-state index is -0.0134. The van der Waals surface area contributed by atoms with E-state index < -0.39 is 0 Å². The van der Waals surface area contributed by atoms with Crippen molar-refractivity contribution in [2.75, 3.05) is 7.11 Å². The molecule has 0 aromatic carbocycles. The number of methoxy groups -OCH3 is 1. The van der Waals surface area contributed by atoms with Gasteiger partial charge in [0.25, 0.3) is 0 Å². The molecule has 1 fully saturated rings. The second kappa shape index (κ2) is 5.05. The van der Waals surface area contributed by atoms with Gasteiger partial charge in [0.05, 0.1) is 5.60 Å². The molecule has 2 atom stereocenters. The fourth-order valence-corrected chi connectivity index (χ4v) is 2.86. The normalized spacial score (nSPS) is 27.0. The third-order valence-electron chi connectivity index (χ3n) is 3.84. The van der Waals surface area contributed by atoms with E-state index in [9.17, 15) is 0 Å². The van der Waals surface area contributed by atoms with Gasteiger partial charge in [-0.05, 0) is 51.9 Å². The molecular weight excluding hydrogens is 198 g/mol. The molecule has 0 spiro atoms. The Morgan fingerprint density at radius 1 is 1.44 bits per heavy atom. The van der Waals surface area contributed by atoms with Gasteiger partial charge in [0.15, 0.2) is 0 Å². The van der Waals surface area contributed by atoms with Crippen molar-refractivity contribution in [1.82, 2.24) is 5.32 Å². The minimum absolute atomic E-state index is 0.0134. The highest BCUT2D eigenvalue weighted by molar-refractivity contribution is 4.88. The molecule has 0 radical (unpaired) electrons. The molecule has 2 nitrogen and oxygen atoms in total. The molecule has 1 rings (SSSR count). The maximum Gasteiger partial charge on any atom is 0.0637 e. The smallest absolute Gasteiger partial charge is 0.0637 e. The van der Waals surface area contributed by atoms with Crippen molar-refractivity contribution in [3.05, 3.63) is 0 Å². The lowest BCUT2D eigenvalue weighted by Gasteiger charge is -2.29. The number of hydrogen-bond acceptors (Lipinski definition) is 2. The van der Waals surface area contributed by atoms with Crippen molar-refractivity contribution >= 4 is 0 Å². The SMILES string of the molecule is COC(C)(C)CC(C)NC1CCC(C)(C)C1. The number of nitrogens with one attached hydrogen (secondary N) is 1. The maximum absolute atomic E-state index is 5.47. The zero-order valence-electron chi connectivity index (χ0n) is 11.9. The second-order valence-corrected chi connectivity index (χ2v) is 6.84. The third-order valence-corrected chi connectivity index (χ3v) is 3.84. The van der Waals surface area contributed by atoms with Crippen LogP contribution in [0.25, 0.3) is 0 Å². The highest BCUT2D eigenvalue weighted by Gasteiger charge is 2.32. The van der Waals surface area contributed by atoms with Crippen LogP contribution in [0.1, 0.15) is 60.3 Å². The fraction of sp³-hybridized carbons (Fsp3) is 1.00. The van der Waals surface area contributed by atoms with Gasteiger partial charge in [0.1, 0.15) is 0 Å². The molecule has 2 unspecified atom stereocenters. The second-order valence-electron chi connectivity index (χ2n) is 6.84. The zero-order chi connectivity index (χ0) is 12.4. The van der Waals surface area contributed by atoms with Gasteiger partial charge in [0, 0.05) is 19.2 Å². The Kier molecular flexibility index (Phi) is 4.42. The molecular formula is C14H29NO. The molecule has 0 aliphatic heterocycles. The van der Waals surface area contributed by atoms with Crippen molar-refractivity contribution in [3.63, 3.8) is 0 Å². The van der Waals surface area contributed by atoms with Crippen LogP contribution in [0.5, 0.6) is 0 Å². The molecule has 0 amide bonds. The average Bonchev–Trinajstić information content (AvgIpc) is 2.44. The van der Waals surface area contributed by atoms with Crippen molar-refractivity contribution in [1.29, 1.82) is 0 Å². The van der Waals surface area contributed by atoms with Gasteiger partial charge in [-0.15, -0.1) is 0 Å². The predicted octanol–water partition coefficient (Wildman–Crippen LogP) is 3.36. The molecule has 0 saturated heterocycles. The predicted molar refractivity (Wildman–Crippen MR) is 69.7 cm³/mol. The van der Waals surface area contributed by atoms with Crippen molar-refractivity contribution in [3.8, 4) is 0 Å². The van der Waals surface area contributed by atoms with Crippen LogP contribution in [0.2, 0.25) is 0 Å². The summed E-state index contributed by atoms with van der Waals surface area (Å²) in [4.78, 5) is 0. The first-order chi connectivity index (χ1) is 7.24. The highest BCUT2D eigenvalue weighted by atomic mass is 16.5. The quantitative estimate of drug-likeness (QED) is 0.777. The van der Waals surface area contributed by atoms with Gasteiger partial charge in [-0.2, -0.15) is 0 Å². The maximum atomic E-state index is 5.47. The molecule has 2 heteroatoms. The standard InChI is InChI=1S/C14H29NO/c1-11(9-14(4,5)16-6)15-12-7-8-13(2,3)10-12/h11-12,15H,7-10H2,1-6H3. The molecule has 1 saturated carbocycles. The lowest BCUT2D eigenvalue weighted by Crippen LogP contribution is -2.40. The van der Waals surface area contributed by atoms with Crippen LogP contribution in [0, 0.1) is 5.41 Å². The summed E-state index contributed by atoms with van der Waals surface area (Å²) in [7, 11) is 1.80. The van der Waals surface area contributed by atoms with Crippen LogP contribution < -0.4 is 5.32 Å². The summed E-state index contributed by atoms with van der Waals surface area (Å²) in [5.41, 5.74) is 0.523. The largest absolute Gasteiger partial charge is 0.379 e. The van der Waals surface area contributed by atoms with Gasteiger partial charge in [-0.1, -0.05) is 13.8 Å². The monoisotopic (exact) mass is 227 g/mol. The topological polar surface area (TPSA) is 21.3 Å². The molecule has 1 N–H and O–H groups in total. The zero-order valence-corrected chi connectivity index (χ0v) is 11.9. The van der Waals surface area contributed by atoms with E-state index in [2.05, 4.69) is 39.9 Å². The fourth-order valence-electron chi connectivity index (χ4n) is 2.86. The van der Waals surface area contributed by atoms with Gasteiger partial charge >= 0.3 is 0 Å². The lowest BCUT2D eigenvalue weighted by atomic mass is 9.91. The first-order valence-electron chi connectivity index (χ1n) is 6.55. The van der Waals surface area contributed by atoms with E-state index in [4.69, 9.17) is 4.74 Å². The van der Waals surface area contributed by atoms with E-state index in [-0.39, 0.29) is 5.60 Å². The molecule has 16 heavy (non-hydrogen) atoms. The number of rotatable bonds is 5. The Hall–Kier alpha value is -0.0800. The molecule has 96 valence electrons. The van der Waals surface area contributed by atoms with Crippen molar-refractivity contribution < 1.29 is 4.74 Å². The molecule has 1 aliphatic rings. The van der Waals surface area contributed by atoms with Gasteiger partial charge in [0.2, 0.25) is 0 Å². The van der Waals surface area contributed by atoms with E-state index in [1.54, 1.807) is 7.11 Å².